The van der Waals surface area contributed by atoms with Gasteiger partial charge in [0.25, 0.3) is 0 Å². The molecule has 0 fully saturated rings. The zero-order valence-electron chi connectivity index (χ0n) is 10.4. The average molecular weight is 224 g/mol. The molecule has 0 amide bonds. The first-order valence-corrected chi connectivity index (χ1v) is 5.55. The van der Waals surface area contributed by atoms with Crippen LogP contribution in [0.25, 0.3) is 0 Å². The van der Waals surface area contributed by atoms with E-state index < -0.39 is 5.97 Å². The van der Waals surface area contributed by atoms with Gasteiger partial charge in [-0.15, -0.1) is 0 Å². The highest BCUT2D eigenvalue weighted by molar-refractivity contribution is 5.66. The smallest absolute Gasteiger partial charge is 0.303 e. The van der Waals surface area contributed by atoms with Gasteiger partial charge in [-0.1, -0.05) is 20.8 Å². The number of aliphatic carboxylic acids is 1. The molecule has 1 N–H and O–H groups in total. The SMILES string of the molecule is Cn1cc(CCCC(=O)O)c(C(C)(C)C)n1. The molecule has 0 bridgehead atoms. The fourth-order valence-corrected chi connectivity index (χ4v) is 1.78. The molecule has 90 valence electrons. The van der Waals surface area contributed by atoms with E-state index in [0.717, 1.165) is 17.7 Å². The number of hydrogen-bond acceptors (Lipinski definition) is 2. The maximum atomic E-state index is 10.5. The molecule has 0 saturated heterocycles. The maximum Gasteiger partial charge on any atom is 0.303 e. The normalized spacial score (nSPS) is 11.8. The van der Waals surface area contributed by atoms with Gasteiger partial charge in [-0.25, -0.2) is 0 Å². The zero-order chi connectivity index (χ0) is 12.3. The number of nitrogens with zero attached hydrogens (tertiary/aromatic N) is 2. The molecule has 0 saturated carbocycles. The number of rotatable bonds is 4. The van der Waals surface area contributed by atoms with Crippen molar-refractivity contribution in [2.75, 3.05) is 0 Å². The van der Waals surface area contributed by atoms with Crippen molar-refractivity contribution in [1.82, 2.24) is 9.78 Å². The lowest BCUT2D eigenvalue weighted by atomic mass is 9.88. The maximum absolute atomic E-state index is 10.5. The summed E-state index contributed by atoms with van der Waals surface area (Å²) >= 11 is 0. The second-order valence-corrected chi connectivity index (χ2v) is 5.17. The molecule has 4 nitrogen and oxygen atoms in total. The Morgan fingerprint density at radius 3 is 2.62 bits per heavy atom. The van der Waals surface area contributed by atoms with E-state index in [-0.39, 0.29) is 11.8 Å². The summed E-state index contributed by atoms with van der Waals surface area (Å²) in [7, 11) is 1.90. The minimum atomic E-state index is -0.735. The quantitative estimate of drug-likeness (QED) is 0.852. The molecule has 0 unspecified atom stereocenters. The predicted octanol–water partition coefficient (Wildman–Crippen LogP) is 2.12. The van der Waals surface area contributed by atoms with Gasteiger partial charge < -0.3 is 5.11 Å². The topological polar surface area (TPSA) is 55.1 Å². The van der Waals surface area contributed by atoms with Gasteiger partial charge in [-0.05, 0) is 18.4 Å². The Morgan fingerprint density at radius 2 is 2.12 bits per heavy atom. The standard InChI is InChI=1S/C12H20N2O2/c1-12(2,3)11-9(8-14(4)13-11)6-5-7-10(15)16/h8H,5-7H2,1-4H3,(H,15,16). The molecule has 0 atom stereocenters. The van der Waals surface area contributed by atoms with E-state index in [1.54, 1.807) is 4.68 Å². The highest BCUT2D eigenvalue weighted by Crippen LogP contribution is 2.25. The van der Waals surface area contributed by atoms with Crippen molar-refractivity contribution < 1.29 is 9.90 Å². The molecule has 0 radical (unpaired) electrons. The second-order valence-electron chi connectivity index (χ2n) is 5.17. The highest BCUT2D eigenvalue weighted by atomic mass is 16.4. The minimum absolute atomic E-state index is 0.0137. The lowest BCUT2D eigenvalue weighted by molar-refractivity contribution is -0.137. The molecule has 0 aliphatic carbocycles. The Kier molecular flexibility index (Phi) is 3.73. The van der Waals surface area contributed by atoms with Crippen LogP contribution in [-0.2, 0) is 23.7 Å². The molecular formula is C12H20N2O2. The number of aryl methyl sites for hydroxylation is 2. The summed E-state index contributed by atoms with van der Waals surface area (Å²) in [4.78, 5) is 10.5. The highest BCUT2D eigenvalue weighted by Gasteiger charge is 2.21. The van der Waals surface area contributed by atoms with Crippen LogP contribution >= 0.6 is 0 Å². The third-order valence-corrected chi connectivity index (χ3v) is 2.45. The summed E-state index contributed by atoms with van der Waals surface area (Å²) in [5.74, 6) is -0.735. The third kappa shape index (κ3) is 3.36. The van der Waals surface area contributed by atoms with E-state index >= 15 is 0 Å². The van der Waals surface area contributed by atoms with Crippen LogP contribution in [0.3, 0.4) is 0 Å². The van der Waals surface area contributed by atoms with E-state index in [1.807, 2.05) is 13.2 Å². The van der Waals surface area contributed by atoms with Crippen molar-refractivity contribution in [1.29, 1.82) is 0 Å². The van der Waals surface area contributed by atoms with Gasteiger partial charge in [-0.2, -0.15) is 5.10 Å². The van der Waals surface area contributed by atoms with Crippen LogP contribution in [0.5, 0.6) is 0 Å². The van der Waals surface area contributed by atoms with E-state index in [4.69, 9.17) is 5.11 Å². The number of aromatic nitrogens is 2. The van der Waals surface area contributed by atoms with Crippen molar-refractivity contribution in [2.45, 2.75) is 45.4 Å². The monoisotopic (exact) mass is 224 g/mol. The van der Waals surface area contributed by atoms with Gasteiger partial charge in [0.05, 0.1) is 5.69 Å². The van der Waals surface area contributed by atoms with Gasteiger partial charge in [0.2, 0.25) is 0 Å². The van der Waals surface area contributed by atoms with Gasteiger partial charge in [-0.3, -0.25) is 9.48 Å². The predicted molar refractivity (Wildman–Crippen MR) is 62.5 cm³/mol. The van der Waals surface area contributed by atoms with Crippen LogP contribution in [0.4, 0.5) is 0 Å². The van der Waals surface area contributed by atoms with Crippen molar-refractivity contribution in [3.63, 3.8) is 0 Å². The number of carbonyl (C=O) groups is 1. The Labute approximate surface area is 96.3 Å². The third-order valence-electron chi connectivity index (χ3n) is 2.45. The van der Waals surface area contributed by atoms with E-state index in [0.29, 0.717) is 6.42 Å². The van der Waals surface area contributed by atoms with Crippen molar-refractivity contribution >= 4 is 5.97 Å². The summed E-state index contributed by atoms with van der Waals surface area (Å²) in [6, 6.07) is 0. The van der Waals surface area contributed by atoms with E-state index in [1.165, 1.54) is 0 Å². The Hall–Kier alpha value is -1.32. The van der Waals surface area contributed by atoms with Crippen LogP contribution in [-0.4, -0.2) is 20.9 Å². The summed E-state index contributed by atoms with van der Waals surface area (Å²) in [5.41, 5.74) is 2.25. The molecule has 0 spiro atoms. The number of carboxylic acids is 1. The average Bonchev–Trinajstić information content (AvgIpc) is 2.45. The summed E-state index contributed by atoms with van der Waals surface area (Å²) < 4.78 is 1.80. The molecule has 4 heteroatoms. The first-order chi connectivity index (χ1) is 7.30. The summed E-state index contributed by atoms with van der Waals surface area (Å²) in [6.07, 6.45) is 3.66. The van der Waals surface area contributed by atoms with Crippen molar-refractivity contribution in [3.05, 3.63) is 17.5 Å². The van der Waals surface area contributed by atoms with Crippen LogP contribution in [0.1, 0.15) is 44.9 Å². The number of carboxylic acid groups (broad SMARTS) is 1. The second kappa shape index (κ2) is 4.68. The molecule has 16 heavy (non-hydrogen) atoms. The van der Waals surface area contributed by atoms with Crippen LogP contribution in [0.2, 0.25) is 0 Å². The van der Waals surface area contributed by atoms with Gasteiger partial charge in [0.1, 0.15) is 0 Å². The molecule has 1 aromatic heterocycles. The molecule has 1 aromatic rings. The van der Waals surface area contributed by atoms with Crippen LogP contribution in [0.15, 0.2) is 6.20 Å². The molecule has 1 heterocycles. The summed E-state index contributed by atoms with van der Waals surface area (Å²) in [5, 5.41) is 13.1. The van der Waals surface area contributed by atoms with Crippen molar-refractivity contribution in [3.8, 4) is 0 Å². The largest absolute Gasteiger partial charge is 0.481 e. The minimum Gasteiger partial charge on any atom is -0.481 e. The zero-order valence-corrected chi connectivity index (χ0v) is 10.4. The lowest BCUT2D eigenvalue weighted by Gasteiger charge is -2.17. The van der Waals surface area contributed by atoms with Gasteiger partial charge in [0, 0.05) is 25.1 Å². The Balaban J connectivity index is 2.75. The van der Waals surface area contributed by atoms with Crippen molar-refractivity contribution in [2.24, 2.45) is 7.05 Å². The van der Waals surface area contributed by atoms with Gasteiger partial charge in [0.15, 0.2) is 0 Å². The van der Waals surface area contributed by atoms with E-state index in [2.05, 4.69) is 25.9 Å². The Morgan fingerprint density at radius 1 is 1.50 bits per heavy atom. The fourth-order valence-electron chi connectivity index (χ4n) is 1.78. The van der Waals surface area contributed by atoms with Gasteiger partial charge >= 0.3 is 5.97 Å². The van der Waals surface area contributed by atoms with Crippen LogP contribution in [0, 0.1) is 0 Å². The lowest BCUT2D eigenvalue weighted by Crippen LogP contribution is -2.15. The molecule has 1 rings (SSSR count). The van der Waals surface area contributed by atoms with Crippen LogP contribution < -0.4 is 0 Å². The number of hydrogen-bond donors (Lipinski definition) is 1. The molecular weight excluding hydrogens is 204 g/mol. The fraction of sp³-hybridized carbons (Fsp3) is 0.667. The first-order valence-electron chi connectivity index (χ1n) is 5.55. The van der Waals surface area contributed by atoms with E-state index in [9.17, 15) is 4.79 Å². The Bertz CT molecular complexity index is 375. The molecule has 0 aliphatic rings. The molecule has 0 aromatic carbocycles. The summed E-state index contributed by atoms with van der Waals surface area (Å²) in [6.45, 7) is 6.36. The first kappa shape index (κ1) is 12.7. The molecule has 0 aliphatic heterocycles.